The highest BCUT2D eigenvalue weighted by Gasteiger charge is 2.28. The molecule has 4 N–H and O–H groups in total. The molecule has 0 radical (unpaired) electrons. The number of anilines is 4. The van der Waals surface area contributed by atoms with Gasteiger partial charge in [0.2, 0.25) is 0 Å². The molecule has 0 spiro atoms. The van der Waals surface area contributed by atoms with Gasteiger partial charge in [0.25, 0.3) is 0 Å². The lowest BCUT2D eigenvalue weighted by molar-refractivity contribution is -0.00272. The second-order valence-corrected chi connectivity index (χ2v) is 9.34. The van der Waals surface area contributed by atoms with Crippen molar-refractivity contribution in [2.75, 3.05) is 82.8 Å². The molecule has 0 atom stereocenters. The van der Waals surface area contributed by atoms with E-state index in [2.05, 4.69) is 70.0 Å². The topological polar surface area (TPSA) is 83.5 Å². The Morgan fingerprint density at radius 3 is 1.97 bits per heavy atom. The summed E-state index contributed by atoms with van der Waals surface area (Å²) in [7, 11) is 7.61. The normalized spacial score (nSPS) is 15.4. The monoisotopic (exact) mass is 486 g/mol. The summed E-state index contributed by atoms with van der Waals surface area (Å²) in [6.45, 7) is 15.5. The smallest absolute Gasteiger partial charge is 0.145 e. The lowest BCUT2D eigenvalue weighted by Crippen LogP contribution is -2.43. The number of nitrogen functional groups attached to an aromatic ring is 2. The zero-order valence-corrected chi connectivity index (χ0v) is 23.0. The van der Waals surface area contributed by atoms with Crippen molar-refractivity contribution in [3.8, 4) is 0 Å². The Morgan fingerprint density at radius 2 is 1.46 bits per heavy atom. The number of rotatable bonds is 4. The van der Waals surface area contributed by atoms with Crippen LogP contribution in [0, 0.1) is 13.8 Å². The van der Waals surface area contributed by atoms with Gasteiger partial charge in [-0.2, -0.15) is 0 Å². The number of benzene rings is 2. The third-order valence-corrected chi connectivity index (χ3v) is 6.37. The first-order chi connectivity index (χ1) is 16.7. The Bertz CT molecular complexity index is 950. The number of fused-ring (bicyclic) bond motifs is 2. The van der Waals surface area contributed by atoms with Gasteiger partial charge in [-0.1, -0.05) is 0 Å². The van der Waals surface area contributed by atoms with Crippen LogP contribution in [-0.4, -0.2) is 71.3 Å². The van der Waals surface area contributed by atoms with Gasteiger partial charge in [0.15, 0.2) is 0 Å². The third kappa shape index (κ3) is 7.48. The summed E-state index contributed by atoms with van der Waals surface area (Å²) in [5, 5.41) is 0. The Balaban J connectivity index is 0.000000255. The minimum Gasteiger partial charge on any atom is -0.399 e. The predicted octanol–water partition coefficient (Wildman–Crippen LogP) is 3.85. The van der Waals surface area contributed by atoms with E-state index in [1.165, 1.54) is 28.1 Å². The number of hydrogen-bond acceptors (Lipinski definition) is 8. The van der Waals surface area contributed by atoms with Crippen LogP contribution in [0.25, 0.3) is 0 Å². The fraction of sp³-hybridized carbons (Fsp3) is 0.556. The maximum atomic E-state index is 5.53. The first-order valence-corrected chi connectivity index (χ1v) is 12.3. The van der Waals surface area contributed by atoms with Crippen LogP contribution in [0.1, 0.15) is 36.1 Å². The van der Waals surface area contributed by atoms with Crippen LogP contribution in [0.3, 0.4) is 0 Å². The molecule has 196 valence electrons. The van der Waals surface area contributed by atoms with Gasteiger partial charge in [0.05, 0.1) is 13.3 Å². The van der Waals surface area contributed by atoms with E-state index >= 15 is 0 Å². The summed E-state index contributed by atoms with van der Waals surface area (Å²) in [5.74, 6) is 0. The molecule has 0 unspecified atom stereocenters. The molecule has 2 aromatic carbocycles. The van der Waals surface area contributed by atoms with E-state index in [9.17, 15) is 0 Å². The van der Waals surface area contributed by atoms with E-state index in [1.807, 2.05) is 19.1 Å². The summed E-state index contributed by atoms with van der Waals surface area (Å²) in [4.78, 5) is 9.83. The van der Waals surface area contributed by atoms with E-state index < -0.39 is 0 Å². The molecule has 8 nitrogen and oxygen atoms in total. The molecule has 0 saturated carbocycles. The largest absolute Gasteiger partial charge is 0.399 e. The maximum absolute atomic E-state index is 5.53. The molecular formula is C27H46N6O2. The highest BCUT2D eigenvalue weighted by atomic mass is 16.6. The second-order valence-electron chi connectivity index (χ2n) is 9.34. The van der Waals surface area contributed by atoms with Crippen molar-refractivity contribution >= 4 is 22.7 Å². The number of hydrogen-bond donors (Lipinski definition) is 2. The minimum absolute atomic E-state index is 0.389. The molecule has 2 aromatic rings. The second kappa shape index (κ2) is 13.5. The first kappa shape index (κ1) is 28.7. The molecule has 2 aliphatic rings. The molecule has 2 aliphatic heterocycles. The Morgan fingerprint density at radius 1 is 0.857 bits per heavy atom. The van der Waals surface area contributed by atoms with Gasteiger partial charge in [0, 0.05) is 63.1 Å². The van der Waals surface area contributed by atoms with Crippen molar-refractivity contribution in [3.05, 3.63) is 46.5 Å². The molecule has 8 heteroatoms. The average Bonchev–Trinajstić information content (AvgIpc) is 2.82. The lowest BCUT2D eigenvalue weighted by atomic mass is 9.95. The summed E-state index contributed by atoms with van der Waals surface area (Å²) >= 11 is 0. The van der Waals surface area contributed by atoms with Crippen LogP contribution >= 0.6 is 0 Å². The summed E-state index contributed by atoms with van der Waals surface area (Å²) in [5.41, 5.74) is 21.0. The molecule has 0 fully saturated rings. The molecule has 0 aromatic heterocycles. The van der Waals surface area contributed by atoms with E-state index in [0.717, 1.165) is 56.5 Å². The molecule has 4 rings (SSSR count). The number of nitrogens with two attached hydrogens (primary N) is 2. The minimum atomic E-state index is 0.389. The average molecular weight is 487 g/mol. The molecule has 2 heterocycles. The number of ether oxygens (including phenoxy) is 2. The Labute approximate surface area is 212 Å². The SMILES string of the molecule is CCN1CN(C)Cc2c1cc1c(c2C)N(CC)CN(C)C1.COCOC.Cc1cc(N)ccc1N. The Kier molecular flexibility index (Phi) is 11.1. The standard InChI is InChI=1S/C17H28N4.C7H10N2.C3H8O2/c1-6-20-11-19(5)10-15-13(3)17-14(8-16(15)20)9-18(4)12-21(17)7-2;1-5-4-6(8)2-3-7(5)9;1-4-3-5-2/h8H,6-7,9-12H2,1-5H3;2-4H,8-9H2,1H3;3H2,1-2H3. The van der Waals surface area contributed by atoms with Crippen molar-refractivity contribution < 1.29 is 9.47 Å². The van der Waals surface area contributed by atoms with Crippen molar-refractivity contribution in [3.63, 3.8) is 0 Å². The fourth-order valence-electron chi connectivity index (χ4n) is 4.67. The highest BCUT2D eigenvalue weighted by molar-refractivity contribution is 5.72. The molecule has 0 bridgehead atoms. The van der Waals surface area contributed by atoms with Gasteiger partial charge in [-0.05, 0) is 88.3 Å². The number of aryl methyl sites for hydroxylation is 1. The predicted molar refractivity (Wildman–Crippen MR) is 149 cm³/mol. The van der Waals surface area contributed by atoms with Crippen molar-refractivity contribution in [2.24, 2.45) is 0 Å². The van der Waals surface area contributed by atoms with E-state index in [1.54, 1.807) is 20.3 Å². The van der Waals surface area contributed by atoms with Gasteiger partial charge in [-0.3, -0.25) is 9.80 Å². The summed E-state index contributed by atoms with van der Waals surface area (Å²) < 4.78 is 8.94. The van der Waals surface area contributed by atoms with Crippen LogP contribution in [0.2, 0.25) is 0 Å². The fourth-order valence-corrected chi connectivity index (χ4v) is 4.67. The number of methoxy groups -OCH3 is 2. The zero-order valence-electron chi connectivity index (χ0n) is 23.0. The van der Waals surface area contributed by atoms with Crippen molar-refractivity contribution in [2.45, 2.75) is 40.8 Å². The van der Waals surface area contributed by atoms with E-state index in [4.69, 9.17) is 11.5 Å². The van der Waals surface area contributed by atoms with Crippen LogP contribution in [0.15, 0.2) is 24.3 Å². The maximum Gasteiger partial charge on any atom is 0.145 e. The van der Waals surface area contributed by atoms with Crippen molar-refractivity contribution in [1.29, 1.82) is 0 Å². The molecule has 0 aliphatic carbocycles. The highest BCUT2D eigenvalue weighted by Crippen LogP contribution is 2.40. The number of nitrogens with zero attached hydrogens (tertiary/aromatic N) is 4. The molecule has 35 heavy (non-hydrogen) atoms. The van der Waals surface area contributed by atoms with Gasteiger partial charge in [-0.15, -0.1) is 0 Å². The first-order valence-electron chi connectivity index (χ1n) is 12.3. The lowest BCUT2D eigenvalue weighted by Gasteiger charge is -2.42. The van der Waals surface area contributed by atoms with E-state index in [0.29, 0.717) is 6.79 Å². The molecule has 0 amide bonds. The molecule has 0 saturated heterocycles. The summed E-state index contributed by atoms with van der Waals surface area (Å²) in [6, 6.07) is 7.91. The Hall–Kier alpha value is -2.52. The van der Waals surface area contributed by atoms with Crippen molar-refractivity contribution in [1.82, 2.24) is 9.80 Å². The third-order valence-electron chi connectivity index (χ3n) is 6.37. The van der Waals surface area contributed by atoms with Gasteiger partial charge in [0.1, 0.15) is 6.79 Å². The summed E-state index contributed by atoms with van der Waals surface area (Å²) in [6.07, 6.45) is 0. The van der Waals surface area contributed by atoms with Crippen LogP contribution < -0.4 is 21.3 Å². The van der Waals surface area contributed by atoms with Gasteiger partial charge < -0.3 is 30.7 Å². The van der Waals surface area contributed by atoms with Crippen LogP contribution in [-0.2, 0) is 22.6 Å². The van der Waals surface area contributed by atoms with Gasteiger partial charge >= 0.3 is 0 Å². The zero-order chi connectivity index (χ0) is 26.1. The van der Waals surface area contributed by atoms with E-state index in [-0.39, 0.29) is 0 Å². The quantitative estimate of drug-likeness (QED) is 0.498. The van der Waals surface area contributed by atoms with Crippen LogP contribution in [0.5, 0.6) is 0 Å². The molecular weight excluding hydrogens is 440 g/mol. The van der Waals surface area contributed by atoms with Gasteiger partial charge in [-0.25, -0.2) is 0 Å². The van der Waals surface area contributed by atoms with Crippen LogP contribution in [0.4, 0.5) is 22.7 Å².